The van der Waals surface area contributed by atoms with Crippen molar-refractivity contribution in [2.45, 2.75) is 39.2 Å². The van der Waals surface area contributed by atoms with Crippen molar-refractivity contribution in [2.24, 2.45) is 0 Å². The topological polar surface area (TPSA) is 46.1 Å². The molecule has 114 valence electrons. The largest absolute Gasteiger partial charge is 0.338 e. The van der Waals surface area contributed by atoms with Crippen molar-refractivity contribution >= 4 is 5.91 Å². The number of fused-ring (bicyclic) bond motifs is 1. The van der Waals surface area contributed by atoms with Crippen LogP contribution >= 0.6 is 0 Å². The van der Waals surface area contributed by atoms with E-state index in [4.69, 9.17) is 4.98 Å². The number of carbonyl (C=O) groups is 1. The number of hydrogen-bond donors (Lipinski definition) is 0. The van der Waals surface area contributed by atoms with Gasteiger partial charge in [-0.3, -0.25) is 14.8 Å². The smallest absolute Gasteiger partial charge is 0.227 e. The van der Waals surface area contributed by atoms with Gasteiger partial charge in [0.25, 0.3) is 0 Å². The second-order valence-electron chi connectivity index (χ2n) is 6.09. The summed E-state index contributed by atoms with van der Waals surface area (Å²) >= 11 is 0. The summed E-state index contributed by atoms with van der Waals surface area (Å²) in [5.74, 6) is 0.612. The van der Waals surface area contributed by atoms with Crippen LogP contribution in [-0.4, -0.2) is 27.3 Å². The Labute approximate surface area is 131 Å². The van der Waals surface area contributed by atoms with Gasteiger partial charge in [0, 0.05) is 43.3 Å². The minimum atomic E-state index is 0.171. The standard InChI is InChI=1S/C18H21N3O/c1-13(2)16-4-3-15-12-21(10-7-17(15)20-16)18(22)11-14-5-8-19-9-6-14/h3-6,8-9,13H,7,10-12H2,1-2H3. The summed E-state index contributed by atoms with van der Waals surface area (Å²) in [6.07, 6.45) is 4.74. The van der Waals surface area contributed by atoms with Crippen LogP contribution in [0.4, 0.5) is 0 Å². The second kappa shape index (κ2) is 6.26. The van der Waals surface area contributed by atoms with Crippen LogP contribution in [0.3, 0.4) is 0 Å². The first kappa shape index (κ1) is 14.7. The molecule has 0 fully saturated rings. The fourth-order valence-electron chi connectivity index (χ4n) is 2.75. The van der Waals surface area contributed by atoms with Crippen molar-refractivity contribution in [1.29, 1.82) is 0 Å². The Morgan fingerprint density at radius 1 is 1.23 bits per heavy atom. The lowest BCUT2D eigenvalue weighted by Crippen LogP contribution is -2.37. The van der Waals surface area contributed by atoms with Crippen molar-refractivity contribution in [3.8, 4) is 0 Å². The molecule has 2 aromatic rings. The van der Waals surface area contributed by atoms with Gasteiger partial charge < -0.3 is 4.90 Å². The Bertz CT molecular complexity index is 667. The molecule has 0 saturated heterocycles. The highest BCUT2D eigenvalue weighted by Gasteiger charge is 2.22. The molecule has 4 nitrogen and oxygen atoms in total. The molecule has 1 amide bonds. The maximum Gasteiger partial charge on any atom is 0.227 e. The van der Waals surface area contributed by atoms with E-state index in [1.807, 2.05) is 17.0 Å². The SMILES string of the molecule is CC(C)c1ccc2c(n1)CCN(C(=O)Cc1ccncc1)C2. The van der Waals surface area contributed by atoms with Gasteiger partial charge in [0.15, 0.2) is 0 Å². The molecular formula is C18H21N3O. The van der Waals surface area contributed by atoms with Crippen LogP contribution < -0.4 is 0 Å². The van der Waals surface area contributed by atoms with Crippen molar-refractivity contribution in [2.75, 3.05) is 6.54 Å². The van der Waals surface area contributed by atoms with Gasteiger partial charge in [-0.1, -0.05) is 19.9 Å². The summed E-state index contributed by atoms with van der Waals surface area (Å²) in [4.78, 5) is 23.1. The summed E-state index contributed by atoms with van der Waals surface area (Å²) < 4.78 is 0. The molecule has 0 atom stereocenters. The Balaban J connectivity index is 1.70. The van der Waals surface area contributed by atoms with E-state index in [0.29, 0.717) is 18.9 Å². The number of pyridine rings is 2. The molecule has 1 aliphatic rings. The highest BCUT2D eigenvalue weighted by atomic mass is 16.2. The van der Waals surface area contributed by atoms with E-state index in [1.165, 1.54) is 5.56 Å². The van der Waals surface area contributed by atoms with E-state index in [-0.39, 0.29) is 5.91 Å². The summed E-state index contributed by atoms with van der Waals surface area (Å²) in [5.41, 5.74) is 4.48. The number of carbonyl (C=O) groups excluding carboxylic acids is 1. The third-order valence-corrected chi connectivity index (χ3v) is 4.12. The van der Waals surface area contributed by atoms with E-state index in [0.717, 1.165) is 29.9 Å². The number of rotatable bonds is 3. The molecule has 22 heavy (non-hydrogen) atoms. The molecule has 0 bridgehead atoms. The first-order valence-corrected chi connectivity index (χ1v) is 7.79. The average Bonchev–Trinajstić information content (AvgIpc) is 2.54. The van der Waals surface area contributed by atoms with Crippen LogP contribution in [0.15, 0.2) is 36.7 Å². The average molecular weight is 295 g/mol. The van der Waals surface area contributed by atoms with Gasteiger partial charge in [0.1, 0.15) is 0 Å². The van der Waals surface area contributed by atoms with Crippen molar-refractivity contribution in [1.82, 2.24) is 14.9 Å². The Morgan fingerprint density at radius 2 is 2.00 bits per heavy atom. The lowest BCUT2D eigenvalue weighted by atomic mass is 10.0. The van der Waals surface area contributed by atoms with Gasteiger partial charge >= 0.3 is 0 Å². The monoisotopic (exact) mass is 295 g/mol. The fraction of sp³-hybridized carbons (Fsp3) is 0.389. The quantitative estimate of drug-likeness (QED) is 0.874. The summed E-state index contributed by atoms with van der Waals surface area (Å²) in [6, 6.07) is 8.00. The molecule has 0 unspecified atom stereocenters. The van der Waals surface area contributed by atoms with E-state index in [9.17, 15) is 4.79 Å². The van der Waals surface area contributed by atoms with E-state index in [2.05, 4.69) is 31.0 Å². The first-order chi connectivity index (χ1) is 10.6. The van der Waals surface area contributed by atoms with Crippen LogP contribution in [0.1, 0.15) is 42.3 Å². The zero-order valence-electron chi connectivity index (χ0n) is 13.1. The second-order valence-corrected chi connectivity index (χ2v) is 6.09. The van der Waals surface area contributed by atoms with Crippen LogP contribution in [0.25, 0.3) is 0 Å². The van der Waals surface area contributed by atoms with Crippen LogP contribution in [0.5, 0.6) is 0 Å². The summed E-state index contributed by atoms with van der Waals surface area (Å²) in [7, 11) is 0. The summed E-state index contributed by atoms with van der Waals surface area (Å²) in [6.45, 7) is 5.74. The lowest BCUT2D eigenvalue weighted by Gasteiger charge is -2.29. The third-order valence-electron chi connectivity index (χ3n) is 4.12. The van der Waals surface area contributed by atoms with Crippen LogP contribution in [-0.2, 0) is 24.2 Å². The molecule has 3 heterocycles. The molecule has 0 aromatic carbocycles. The van der Waals surface area contributed by atoms with Gasteiger partial charge in [0.05, 0.1) is 6.42 Å². The molecule has 0 radical (unpaired) electrons. The minimum Gasteiger partial charge on any atom is -0.338 e. The van der Waals surface area contributed by atoms with Gasteiger partial charge in [0.2, 0.25) is 5.91 Å². The maximum atomic E-state index is 12.4. The molecule has 2 aromatic heterocycles. The van der Waals surface area contributed by atoms with Crippen molar-refractivity contribution in [3.63, 3.8) is 0 Å². The first-order valence-electron chi connectivity index (χ1n) is 7.79. The molecular weight excluding hydrogens is 274 g/mol. The molecule has 1 aliphatic heterocycles. The van der Waals surface area contributed by atoms with E-state index in [1.54, 1.807) is 12.4 Å². The van der Waals surface area contributed by atoms with Gasteiger partial charge in [-0.25, -0.2) is 0 Å². The van der Waals surface area contributed by atoms with Gasteiger partial charge in [-0.2, -0.15) is 0 Å². The van der Waals surface area contributed by atoms with Crippen LogP contribution in [0.2, 0.25) is 0 Å². The third kappa shape index (κ3) is 3.16. The lowest BCUT2D eigenvalue weighted by molar-refractivity contribution is -0.131. The Hall–Kier alpha value is -2.23. The molecule has 0 N–H and O–H groups in total. The number of hydrogen-bond acceptors (Lipinski definition) is 3. The van der Waals surface area contributed by atoms with Gasteiger partial charge in [-0.15, -0.1) is 0 Å². The molecule has 0 aliphatic carbocycles. The predicted octanol–water partition coefficient (Wildman–Crippen LogP) is 2.73. The highest BCUT2D eigenvalue weighted by Crippen LogP contribution is 2.21. The Morgan fingerprint density at radius 3 is 2.73 bits per heavy atom. The van der Waals surface area contributed by atoms with Crippen molar-refractivity contribution in [3.05, 3.63) is 59.2 Å². The summed E-state index contributed by atoms with van der Waals surface area (Å²) in [5, 5.41) is 0. The molecule has 4 heteroatoms. The molecule has 3 rings (SSSR count). The Kier molecular flexibility index (Phi) is 4.18. The maximum absolute atomic E-state index is 12.4. The van der Waals surface area contributed by atoms with E-state index >= 15 is 0 Å². The van der Waals surface area contributed by atoms with Crippen LogP contribution in [0, 0.1) is 0 Å². The molecule has 0 spiro atoms. The number of nitrogens with zero attached hydrogens (tertiary/aromatic N) is 3. The molecule has 0 saturated carbocycles. The van der Waals surface area contributed by atoms with Gasteiger partial charge in [-0.05, 0) is 35.2 Å². The highest BCUT2D eigenvalue weighted by molar-refractivity contribution is 5.79. The van der Waals surface area contributed by atoms with Crippen molar-refractivity contribution < 1.29 is 4.79 Å². The number of amides is 1. The minimum absolute atomic E-state index is 0.171. The zero-order chi connectivity index (χ0) is 15.5. The number of aromatic nitrogens is 2. The van der Waals surface area contributed by atoms with E-state index < -0.39 is 0 Å². The predicted molar refractivity (Wildman–Crippen MR) is 85.4 cm³/mol. The fourth-order valence-corrected chi connectivity index (χ4v) is 2.75. The normalized spacial score (nSPS) is 14.0. The zero-order valence-corrected chi connectivity index (χ0v) is 13.1.